The number of hydrogen-bond acceptors (Lipinski definition) is 4. The molecule has 0 aromatic heterocycles. The maximum absolute atomic E-state index is 12.2. The van der Waals surface area contributed by atoms with Crippen molar-refractivity contribution in [3.63, 3.8) is 0 Å². The number of carbonyl (C=O) groups excluding carboxylic acids is 1. The topological polar surface area (TPSA) is 87.3 Å². The highest BCUT2D eigenvalue weighted by Crippen LogP contribution is 2.14. The minimum Gasteiger partial charge on any atom is -0.355 e. The fourth-order valence-electron chi connectivity index (χ4n) is 2.48. The third-order valence-electron chi connectivity index (χ3n) is 3.86. The molecule has 2 rings (SSSR count). The molecule has 1 aromatic rings. The summed E-state index contributed by atoms with van der Waals surface area (Å²) in [6.07, 6.45) is 2.02. The van der Waals surface area contributed by atoms with Gasteiger partial charge in [0.15, 0.2) is 0 Å². The Labute approximate surface area is 154 Å². The van der Waals surface area contributed by atoms with Gasteiger partial charge in [-0.3, -0.25) is 4.79 Å². The summed E-state index contributed by atoms with van der Waals surface area (Å²) in [5.74, 6) is 0.254. The zero-order valence-corrected chi connectivity index (χ0v) is 15.8. The maximum atomic E-state index is 12.2. The zero-order chi connectivity index (χ0) is 16.9. The number of hydrogen-bond donors (Lipinski definition) is 3. The largest absolute Gasteiger partial charge is 0.355 e. The van der Waals surface area contributed by atoms with Gasteiger partial charge in [-0.25, -0.2) is 8.42 Å². The SMILES string of the molecule is CC(NS(=O)(=O)c1ccc(Cl)cc1)C(=O)NCCC1CCNC1.Cl. The van der Waals surface area contributed by atoms with Crippen molar-refractivity contribution in [2.24, 2.45) is 5.92 Å². The van der Waals surface area contributed by atoms with Crippen molar-refractivity contribution in [1.29, 1.82) is 0 Å². The Morgan fingerprint density at radius 1 is 1.38 bits per heavy atom. The predicted octanol–water partition coefficient (Wildman–Crippen LogP) is 1.54. The van der Waals surface area contributed by atoms with E-state index in [1.54, 1.807) is 0 Å². The first-order valence-electron chi connectivity index (χ1n) is 7.65. The van der Waals surface area contributed by atoms with Crippen LogP contribution in [0.1, 0.15) is 19.8 Å². The third kappa shape index (κ3) is 6.22. The van der Waals surface area contributed by atoms with Crippen LogP contribution >= 0.6 is 24.0 Å². The van der Waals surface area contributed by atoms with Gasteiger partial charge in [-0.1, -0.05) is 11.6 Å². The highest BCUT2D eigenvalue weighted by atomic mass is 35.5. The molecule has 1 aliphatic heterocycles. The Balaban J connectivity index is 0.00000288. The van der Waals surface area contributed by atoms with Crippen LogP contribution in [0.15, 0.2) is 29.2 Å². The minimum absolute atomic E-state index is 0. The van der Waals surface area contributed by atoms with Crippen LogP contribution in [0.5, 0.6) is 0 Å². The highest BCUT2D eigenvalue weighted by Gasteiger charge is 2.22. The van der Waals surface area contributed by atoms with E-state index < -0.39 is 16.1 Å². The molecule has 1 fully saturated rings. The molecule has 1 aliphatic rings. The fourth-order valence-corrected chi connectivity index (χ4v) is 3.81. The van der Waals surface area contributed by atoms with Gasteiger partial charge in [0.25, 0.3) is 0 Å². The van der Waals surface area contributed by atoms with Gasteiger partial charge in [0.05, 0.1) is 10.9 Å². The van der Waals surface area contributed by atoms with Crippen molar-refractivity contribution in [2.75, 3.05) is 19.6 Å². The summed E-state index contributed by atoms with van der Waals surface area (Å²) in [6, 6.07) is 4.97. The molecule has 6 nitrogen and oxygen atoms in total. The van der Waals surface area contributed by atoms with Crippen molar-refractivity contribution >= 4 is 39.9 Å². The number of halogens is 2. The summed E-state index contributed by atoms with van der Waals surface area (Å²) in [5.41, 5.74) is 0. The van der Waals surface area contributed by atoms with Gasteiger partial charge in [0.1, 0.15) is 0 Å². The van der Waals surface area contributed by atoms with E-state index in [4.69, 9.17) is 11.6 Å². The van der Waals surface area contributed by atoms with Crippen LogP contribution in [0, 0.1) is 5.92 Å². The lowest BCUT2D eigenvalue weighted by atomic mass is 10.1. The van der Waals surface area contributed by atoms with Crippen molar-refractivity contribution < 1.29 is 13.2 Å². The molecule has 1 heterocycles. The first-order chi connectivity index (χ1) is 10.9. The van der Waals surface area contributed by atoms with Gasteiger partial charge in [-0.05, 0) is 63.0 Å². The van der Waals surface area contributed by atoms with Crippen LogP contribution in [-0.4, -0.2) is 40.0 Å². The smallest absolute Gasteiger partial charge is 0.241 e. The molecule has 3 N–H and O–H groups in total. The average Bonchev–Trinajstić information content (AvgIpc) is 3.00. The monoisotopic (exact) mass is 395 g/mol. The third-order valence-corrected chi connectivity index (χ3v) is 5.67. The molecule has 24 heavy (non-hydrogen) atoms. The summed E-state index contributed by atoms with van der Waals surface area (Å²) in [7, 11) is -3.74. The van der Waals surface area contributed by atoms with E-state index in [1.807, 2.05) is 0 Å². The molecular formula is C15H23Cl2N3O3S. The lowest BCUT2D eigenvalue weighted by molar-refractivity contribution is -0.122. The molecule has 2 atom stereocenters. The second kappa shape index (κ2) is 9.58. The molecule has 0 spiro atoms. The van der Waals surface area contributed by atoms with E-state index in [0.717, 1.165) is 25.9 Å². The number of sulfonamides is 1. The lowest BCUT2D eigenvalue weighted by Crippen LogP contribution is -2.45. The van der Waals surface area contributed by atoms with E-state index >= 15 is 0 Å². The van der Waals surface area contributed by atoms with Gasteiger partial charge in [0.2, 0.25) is 15.9 Å². The molecule has 0 aliphatic carbocycles. The molecule has 136 valence electrons. The van der Waals surface area contributed by atoms with Crippen molar-refractivity contribution in [3.8, 4) is 0 Å². The Kier molecular flexibility index (Phi) is 8.45. The van der Waals surface area contributed by atoms with Gasteiger partial charge < -0.3 is 10.6 Å². The Morgan fingerprint density at radius 2 is 2.04 bits per heavy atom. The second-order valence-electron chi connectivity index (χ2n) is 5.74. The van der Waals surface area contributed by atoms with Crippen molar-refractivity contribution in [2.45, 2.75) is 30.7 Å². The summed E-state index contributed by atoms with van der Waals surface area (Å²) in [4.78, 5) is 12.1. The second-order valence-corrected chi connectivity index (χ2v) is 7.89. The Hall–Kier alpha value is -0.860. The Morgan fingerprint density at radius 3 is 2.62 bits per heavy atom. The van der Waals surface area contributed by atoms with E-state index in [9.17, 15) is 13.2 Å². The van der Waals surface area contributed by atoms with Crippen LogP contribution in [0.2, 0.25) is 5.02 Å². The van der Waals surface area contributed by atoms with Crippen LogP contribution < -0.4 is 15.4 Å². The van der Waals surface area contributed by atoms with E-state index in [1.165, 1.54) is 31.2 Å². The number of benzene rings is 1. The molecular weight excluding hydrogens is 373 g/mol. The van der Waals surface area contributed by atoms with Crippen LogP contribution in [0.3, 0.4) is 0 Å². The average molecular weight is 396 g/mol. The normalized spacial score (nSPS) is 18.7. The first kappa shape index (κ1) is 21.2. The standard InChI is InChI=1S/C15H22ClN3O3S.ClH/c1-11(15(20)18-9-7-12-6-8-17-10-12)19-23(21,22)14-4-2-13(16)3-5-14;/h2-5,11-12,17,19H,6-10H2,1H3,(H,18,20);1H. The number of rotatable bonds is 7. The molecule has 1 amide bonds. The van der Waals surface area contributed by atoms with Crippen LogP contribution in [0.25, 0.3) is 0 Å². The van der Waals surface area contributed by atoms with Crippen molar-refractivity contribution in [3.05, 3.63) is 29.3 Å². The van der Waals surface area contributed by atoms with E-state index in [2.05, 4.69) is 15.4 Å². The molecule has 0 bridgehead atoms. The van der Waals surface area contributed by atoms with Gasteiger partial charge in [-0.2, -0.15) is 4.72 Å². The van der Waals surface area contributed by atoms with E-state index in [-0.39, 0.29) is 23.2 Å². The minimum atomic E-state index is -3.74. The van der Waals surface area contributed by atoms with Crippen LogP contribution in [0.4, 0.5) is 0 Å². The number of amides is 1. The number of nitrogens with one attached hydrogen (secondary N) is 3. The number of carbonyl (C=O) groups is 1. The van der Waals surface area contributed by atoms with Crippen molar-refractivity contribution in [1.82, 2.24) is 15.4 Å². The maximum Gasteiger partial charge on any atom is 0.241 e. The predicted molar refractivity (Wildman–Crippen MR) is 97.1 cm³/mol. The van der Waals surface area contributed by atoms with Crippen LogP contribution in [-0.2, 0) is 14.8 Å². The van der Waals surface area contributed by atoms with Gasteiger partial charge >= 0.3 is 0 Å². The molecule has 0 saturated carbocycles. The summed E-state index contributed by atoms with van der Waals surface area (Å²) < 4.78 is 26.8. The molecule has 2 unspecified atom stereocenters. The first-order valence-corrected chi connectivity index (χ1v) is 9.51. The van der Waals surface area contributed by atoms with E-state index in [0.29, 0.717) is 17.5 Å². The van der Waals surface area contributed by atoms with Gasteiger partial charge in [-0.15, -0.1) is 12.4 Å². The molecule has 1 aromatic carbocycles. The Bertz CT molecular complexity index is 632. The summed E-state index contributed by atoms with van der Waals surface area (Å²) in [6.45, 7) is 4.09. The lowest BCUT2D eigenvalue weighted by Gasteiger charge is -2.15. The quantitative estimate of drug-likeness (QED) is 0.653. The zero-order valence-electron chi connectivity index (χ0n) is 13.4. The molecule has 1 saturated heterocycles. The summed E-state index contributed by atoms with van der Waals surface area (Å²) >= 11 is 5.75. The molecule has 9 heteroatoms. The van der Waals surface area contributed by atoms with Gasteiger partial charge in [0, 0.05) is 11.6 Å². The summed E-state index contributed by atoms with van der Waals surface area (Å²) in [5, 5.41) is 6.51. The molecule has 0 radical (unpaired) electrons. The fraction of sp³-hybridized carbons (Fsp3) is 0.533. The highest BCUT2D eigenvalue weighted by molar-refractivity contribution is 7.89.